The highest BCUT2D eigenvalue weighted by Gasteiger charge is 2.18. The van der Waals surface area contributed by atoms with Gasteiger partial charge in [0.2, 0.25) is 0 Å². The van der Waals surface area contributed by atoms with Gasteiger partial charge in [0.1, 0.15) is 11.5 Å². The van der Waals surface area contributed by atoms with Crippen molar-refractivity contribution in [3.8, 4) is 11.5 Å². The lowest BCUT2D eigenvalue weighted by Crippen LogP contribution is -2.24. The second-order valence-electron chi connectivity index (χ2n) is 4.86. The predicted octanol–water partition coefficient (Wildman–Crippen LogP) is 1.14. The van der Waals surface area contributed by atoms with Gasteiger partial charge in [-0.1, -0.05) is 6.07 Å². The first-order valence-corrected chi connectivity index (χ1v) is 6.05. The van der Waals surface area contributed by atoms with Gasteiger partial charge in [0.25, 0.3) is 0 Å². The van der Waals surface area contributed by atoms with Crippen molar-refractivity contribution in [1.29, 1.82) is 0 Å². The third kappa shape index (κ3) is 3.35. The Morgan fingerprint density at radius 1 is 1.41 bits per heavy atom. The molecule has 2 rings (SSSR count). The van der Waals surface area contributed by atoms with Gasteiger partial charge in [-0.15, -0.1) is 0 Å². The molecule has 17 heavy (non-hydrogen) atoms. The third-order valence-electron chi connectivity index (χ3n) is 3.31. The summed E-state index contributed by atoms with van der Waals surface area (Å²) in [5.74, 6) is 0.962. The van der Waals surface area contributed by atoms with E-state index in [9.17, 15) is 10.2 Å². The summed E-state index contributed by atoms with van der Waals surface area (Å²) in [5.41, 5.74) is 0.828. The lowest BCUT2D eigenvalue weighted by atomic mass is 10.1. The lowest BCUT2D eigenvalue weighted by Gasteiger charge is -2.12. The first-order valence-electron chi connectivity index (χ1n) is 6.05. The highest BCUT2D eigenvalue weighted by molar-refractivity contribution is 5.38. The molecule has 1 unspecified atom stereocenters. The molecular weight excluding hydrogens is 216 g/mol. The Labute approximate surface area is 102 Å². The van der Waals surface area contributed by atoms with Crippen molar-refractivity contribution in [2.75, 3.05) is 26.7 Å². The maximum Gasteiger partial charge on any atom is 0.123 e. The molecule has 1 heterocycles. The number of phenols is 2. The number of rotatable bonds is 4. The van der Waals surface area contributed by atoms with E-state index in [4.69, 9.17) is 0 Å². The molecule has 0 aliphatic carbocycles. The number of likely N-dealkylation sites (tertiary alicyclic amines) is 1. The van der Waals surface area contributed by atoms with Crippen molar-refractivity contribution in [3.63, 3.8) is 0 Å². The first-order chi connectivity index (χ1) is 8.15. The summed E-state index contributed by atoms with van der Waals surface area (Å²) in [6, 6.07) is 4.72. The van der Waals surface area contributed by atoms with E-state index in [1.807, 2.05) is 0 Å². The third-order valence-corrected chi connectivity index (χ3v) is 3.31. The van der Waals surface area contributed by atoms with Crippen LogP contribution in [-0.4, -0.2) is 41.8 Å². The first kappa shape index (κ1) is 12.2. The van der Waals surface area contributed by atoms with Crippen LogP contribution in [0.1, 0.15) is 12.0 Å². The molecule has 0 spiro atoms. The van der Waals surface area contributed by atoms with Crippen molar-refractivity contribution in [3.05, 3.63) is 23.8 Å². The van der Waals surface area contributed by atoms with Gasteiger partial charge >= 0.3 is 0 Å². The molecule has 1 fully saturated rings. The molecule has 1 aliphatic rings. The highest BCUT2D eigenvalue weighted by Crippen LogP contribution is 2.22. The van der Waals surface area contributed by atoms with Crippen LogP contribution >= 0.6 is 0 Å². The molecule has 4 nitrogen and oxygen atoms in total. The van der Waals surface area contributed by atoms with Gasteiger partial charge in [-0.3, -0.25) is 0 Å². The van der Waals surface area contributed by atoms with Gasteiger partial charge in [0, 0.05) is 24.7 Å². The largest absolute Gasteiger partial charge is 0.508 e. The Hall–Kier alpha value is -1.26. The topological polar surface area (TPSA) is 55.7 Å². The predicted molar refractivity (Wildman–Crippen MR) is 67.1 cm³/mol. The Balaban J connectivity index is 1.78. The molecule has 0 amide bonds. The highest BCUT2D eigenvalue weighted by atomic mass is 16.3. The Bertz CT molecular complexity index is 382. The molecule has 0 saturated carbocycles. The molecule has 1 aliphatic heterocycles. The summed E-state index contributed by atoms with van der Waals surface area (Å²) in [6.07, 6.45) is 1.24. The number of hydrogen-bond acceptors (Lipinski definition) is 4. The quantitative estimate of drug-likeness (QED) is 0.734. The Morgan fingerprint density at radius 3 is 2.88 bits per heavy atom. The van der Waals surface area contributed by atoms with Crippen LogP contribution in [0.15, 0.2) is 18.2 Å². The lowest BCUT2D eigenvalue weighted by molar-refractivity contribution is 0.387. The molecule has 1 atom stereocenters. The van der Waals surface area contributed by atoms with E-state index in [0.717, 1.165) is 18.7 Å². The molecule has 1 saturated heterocycles. The van der Waals surface area contributed by atoms with E-state index in [-0.39, 0.29) is 11.5 Å². The molecule has 0 aromatic heterocycles. The van der Waals surface area contributed by atoms with Crippen molar-refractivity contribution in [2.45, 2.75) is 13.0 Å². The van der Waals surface area contributed by atoms with E-state index >= 15 is 0 Å². The fourth-order valence-corrected chi connectivity index (χ4v) is 2.31. The van der Waals surface area contributed by atoms with Gasteiger partial charge in [0.05, 0.1) is 0 Å². The molecule has 0 bridgehead atoms. The smallest absolute Gasteiger partial charge is 0.123 e. The molecule has 3 N–H and O–H groups in total. The van der Waals surface area contributed by atoms with E-state index in [2.05, 4.69) is 17.3 Å². The van der Waals surface area contributed by atoms with Crippen molar-refractivity contribution in [2.24, 2.45) is 5.92 Å². The number of aromatic hydroxyl groups is 2. The average molecular weight is 236 g/mol. The Kier molecular flexibility index (Phi) is 3.86. The molecule has 1 aromatic carbocycles. The SMILES string of the molecule is CN1CCC(CNCc2ccc(O)cc2O)C1. The zero-order chi connectivity index (χ0) is 12.3. The average Bonchev–Trinajstić information content (AvgIpc) is 2.68. The van der Waals surface area contributed by atoms with Gasteiger partial charge in [-0.2, -0.15) is 0 Å². The fraction of sp³-hybridized carbons (Fsp3) is 0.538. The van der Waals surface area contributed by atoms with E-state index in [1.54, 1.807) is 12.1 Å². The second kappa shape index (κ2) is 5.38. The van der Waals surface area contributed by atoms with Crippen LogP contribution in [-0.2, 0) is 6.54 Å². The summed E-state index contributed by atoms with van der Waals surface area (Å²) in [5, 5.41) is 22.2. The van der Waals surface area contributed by atoms with Gasteiger partial charge in [-0.25, -0.2) is 0 Å². The normalized spacial score (nSPS) is 20.9. The van der Waals surface area contributed by atoms with Crippen LogP contribution < -0.4 is 5.32 Å². The van der Waals surface area contributed by atoms with E-state index < -0.39 is 0 Å². The molecule has 0 radical (unpaired) electrons. The van der Waals surface area contributed by atoms with Crippen molar-refractivity contribution in [1.82, 2.24) is 10.2 Å². The monoisotopic (exact) mass is 236 g/mol. The molecule has 94 valence electrons. The minimum absolute atomic E-state index is 0.101. The van der Waals surface area contributed by atoms with Crippen LogP contribution in [0.2, 0.25) is 0 Å². The fourth-order valence-electron chi connectivity index (χ4n) is 2.31. The summed E-state index contributed by atoms with van der Waals surface area (Å²) >= 11 is 0. The number of nitrogens with zero attached hydrogens (tertiary/aromatic N) is 1. The zero-order valence-electron chi connectivity index (χ0n) is 10.2. The molecular formula is C13H20N2O2. The minimum atomic E-state index is 0.101. The van der Waals surface area contributed by atoms with Crippen LogP contribution in [0.5, 0.6) is 11.5 Å². The molecule has 1 aromatic rings. The maximum absolute atomic E-state index is 9.62. The maximum atomic E-state index is 9.62. The Morgan fingerprint density at radius 2 is 2.24 bits per heavy atom. The van der Waals surface area contributed by atoms with Gasteiger partial charge in [0.15, 0.2) is 0 Å². The number of benzene rings is 1. The summed E-state index contributed by atoms with van der Waals surface area (Å²) in [6.45, 7) is 3.95. The van der Waals surface area contributed by atoms with Crippen LogP contribution in [0, 0.1) is 5.92 Å². The standard InChI is InChI=1S/C13H20N2O2/c1-15-5-4-10(9-15)7-14-8-11-2-3-12(16)6-13(11)17/h2-3,6,10,14,16-17H,4-5,7-9H2,1H3. The number of nitrogens with one attached hydrogen (secondary N) is 1. The number of phenolic OH excluding ortho intramolecular Hbond substituents is 2. The van der Waals surface area contributed by atoms with Crippen molar-refractivity contribution >= 4 is 0 Å². The van der Waals surface area contributed by atoms with Crippen molar-refractivity contribution < 1.29 is 10.2 Å². The van der Waals surface area contributed by atoms with E-state index in [1.165, 1.54) is 19.0 Å². The van der Waals surface area contributed by atoms with Crippen LogP contribution in [0.4, 0.5) is 0 Å². The van der Waals surface area contributed by atoms with Gasteiger partial charge in [-0.05, 0) is 38.5 Å². The van der Waals surface area contributed by atoms with Crippen LogP contribution in [0.25, 0.3) is 0 Å². The second-order valence-corrected chi connectivity index (χ2v) is 4.86. The van der Waals surface area contributed by atoms with Gasteiger partial charge < -0.3 is 20.4 Å². The zero-order valence-corrected chi connectivity index (χ0v) is 10.2. The van der Waals surface area contributed by atoms with Crippen LogP contribution in [0.3, 0.4) is 0 Å². The molecule has 4 heteroatoms. The summed E-state index contributed by atoms with van der Waals surface area (Å²) in [7, 11) is 2.14. The minimum Gasteiger partial charge on any atom is -0.508 e. The summed E-state index contributed by atoms with van der Waals surface area (Å²) < 4.78 is 0. The number of hydrogen-bond donors (Lipinski definition) is 3. The summed E-state index contributed by atoms with van der Waals surface area (Å²) in [4.78, 5) is 2.34. The van der Waals surface area contributed by atoms with E-state index in [0.29, 0.717) is 12.5 Å².